The lowest BCUT2D eigenvalue weighted by Crippen LogP contribution is -2.45. The summed E-state index contributed by atoms with van der Waals surface area (Å²) < 4.78 is 12.5. The number of halogens is 1. The number of benzene rings is 1. The summed E-state index contributed by atoms with van der Waals surface area (Å²) in [6, 6.07) is 5.11. The van der Waals surface area contributed by atoms with Crippen molar-refractivity contribution in [2.24, 2.45) is 11.6 Å². The Bertz CT molecular complexity index is 312. The molecule has 1 atom stereocenters. The normalized spacial score (nSPS) is 12.2. The number of rotatable bonds is 3. The lowest BCUT2D eigenvalue weighted by atomic mass is 10.1. The molecular weight excluding hydrogens is 185 g/mol. The third kappa shape index (κ3) is 2.79. The largest absolute Gasteiger partial charge is 0.320 e. The Balaban J connectivity index is 2.60. The third-order valence-corrected chi connectivity index (χ3v) is 1.85. The minimum Gasteiger partial charge on any atom is -0.320 e. The number of carbonyl (C=O) groups is 1. The fourth-order valence-corrected chi connectivity index (χ4v) is 1.07. The zero-order valence-corrected chi connectivity index (χ0v) is 7.53. The Morgan fingerprint density at radius 3 is 2.50 bits per heavy atom. The maximum Gasteiger partial charge on any atom is 0.251 e. The number of carbonyl (C=O) groups excluding carboxylic acids is 1. The summed E-state index contributed by atoms with van der Waals surface area (Å²) in [7, 11) is 0. The molecule has 0 aliphatic rings. The van der Waals surface area contributed by atoms with Crippen LogP contribution in [0.3, 0.4) is 0 Å². The smallest absolute Gasteiger partial charge is 0.251 e. The van der Waals surface area contributed by atoms with E-state index in [0.29, 0.717) is 6.42 Å². The van der Waals surface area contributed by atoms with Gasteiger partial charge < -0.3 is 5.73 Å². The molecular formula is C9H12FN3O. The minimum atomic E-state index is -0.703. The van der Waals surface area contributed by atoms with Crippen molar-refractivity contribution in [2.45, 2.75) is 12.5 Å². The van der Waals surface area contributed by atoms with Gasteiger partial charge in [0.15, 0.2) is 0 Å². The van der Waals surface area contributed by atoms with E-state index in [1.807, 2.05) is 5.43 Å². The summed E-state index contributed by atoms with van der Waals surface area (Å²) in [6.07, 6.45) is 0.337. The second-order valence-electron chi connectivity index (χ2n) is 2.95. The van der Waals surface area contributed by atoms with E-state index in [0.717, 1.165) is 5.56 Å². The summed E-state index contributed by atoms with van der Waals surface area (Å²) in [4.78, 5) is 10.9. The predicted molar refractivity (Wildman–Crippen MR) is 50.4 cm³/mol. The number of nitrogens with two attached hydrogens (primary N) is 2. The molecule has 1 aromatic rings. The van der Waals surface area contributed by atoms with Crippen molar-refractivity contribution in [3.8, 4) is 0 Å². The molecule has 0 saturated carbocycles. The van der Waals surface area contributed by atoms with Crippen molar-refractivity contribution >= 4 is 5.91 Å². The average molecular weight is 197 g/mol. The van der Waals surface area contributed by atoms with Gasteiger partial charge in [-0.05, 0) is 24.1 Å². The van der Waals surface area contributed by atoms with Crippen LogP contribution >= 0.6 is 0 Å². The van der Waals surface area contributed by atoms with Gasteiger partial charge in [-0.1, -0.05) is 12.1 Å². The lowest BCUT2D eigenvalue weighted by Gasteiger charge is -2.09. The summed E-state index contributed by atoms with van der Waals surface area (Å²) in [5.74, 6) is 4.16. The van der Waals surface area contributed by atoms with E-state index in [1.165, 1.54) is 12.1 Å². The monoisotopic (exact) mass is 197 g/mol. The van der Waals surface area contributed by atoms with E-state index in [9.17, 15) is 9.18 Å². The first-order valence-corrected chi connectivity index (χ1v) is 4.14. The van der Waals surface area contributed by atoms with Crippen LogP contribution in [0, 0.1) is 5.82 Å². The van der Waals surface area contributed by atoms with Crippen molar-refractivity contribution in [1.29, 1.82) is 0 Å². The van der Waals surface area contributed by atoms with Crippen LogP contribution in [0.1, 0.15) is 5.56 Å². The highest BCUT2D eigenvalue weighted by atomic mass is 19.1. The third-order valence-electron chi connectivity index (χ3n) is 1.85. The van der Waals surface area contributed by atoms with Crippen LogP contribution < -0.4 is 17.0 Å². The van der Waals surface area contributed by atoms with E-state index >= 15 is 0 Å². The van der Waals surface area contributed by atoms with Gasteiger partial charge in [0.2, 0.25) is 0 Å². The summed E-state index contributed by atoms with van der Waals surface area (Å²) in [6.45, 7) is 0. The molecule has 1 aromatic carbocycles. The Morgan fingerprint density at radius 2 is 2.00 bits per heavy atom. The van der Waals surface area contributed by atoms with Crippen molar-refractivity contribution in [3.63, 3.8) is 0 Å². The predicted octanol–water partition coefficient (Wildman–Crippen LogP) is -0.315. The van der Waals surface area contributed by atoms with Crippen LogP contribution in [0.2, 0.25) is 0 Å². The highest BCUT2D eigenvalue weighted by Gasteiger charge is 2.11. The van der Waals surface area contributed by atoms with Crippen LogP contribution in [0.25, 0.3) is 0 Å². The summed E-state index contributed by atoms with van der Waals surface area (Å²) in [5.41, 5.74) is 8.26. The first-order chi connectivity index (χ1) is 6.63. The molecule has 0 aliphatic heterocycles. The Labute approximate surface area is 81.1 Å². The molecule has 0 heterocycles. The van der Waals surface area contributed by atoms with Crippen LogP contribution in [0.15, 0.2) is 24.3 Å². The fraction of sp³-hybridized carbons (Fsp3) is 0.222. The van der Waals surface area contributed by atoms with Gasteiger partial charge in [0.25, 0.3) is 5.91 Å². The molecule has 0 aromatic heterocycles. The topological polar surface area (TPSA) is 81.1 Å². The molecule has 0 saturated heterocycles. The molecule has 5 heteroatoms. The molecule has 0 fully saturated rings. The molecule has 4 nitrogen and oxygen atoms in total. The van der Waals surface area contributed by atoms with Gasteiger partial charge >= 0.3 is 0 Å². The van der Waals surface area contributed by atoms with Crippen LogP contribution in [0.4, 0.5) is 4.39 Å². The Kier molecular flexibility index (Phi) is 3.55. The van der Waals surface area contributed by atoms with Gasteiger partial charge in [-0.2, -0.15) is 0 Å². The number of amides is 1. The van der Waals surface area contributed by atoms with Crippen LogP contribution in [0.5, 0.6) is 0 Å². The van der Waals surface area contributed by atoms with Crippen molar-refractivity contribution in [1.82, 2.24) is 5.43 Å². The van der Waals surface area contributed by atoms with Crippen LogP contribution in [-0.2, 0) is 11.2 Å². The maximum atomic E-state index is 12.5. The summed E-state index contributed by atoms with van der Waals surface area (Å²) >= 11 is 0. The molecule has 1 rings (SSSR count). The van der Waals surface area contributed by atoms with E-state index in [2.05, 4.69) is 0 Å². The van der Waals surface area contributed by atoms with Gasteiger partial charge in [-0.3, -0.25) is 10.2 Å². The van der Waals surface area contributed by atoms with E-state index in [4.69, 9.17) is 11.6 Å². The second kappa shape index (κ2) is 4.69. The number of hydrazine groups is 1. The van der Waals surface area contributed by atoms with Gasteiger partial charge in [0.05, 0.1) is 6.04 Å². The summed E-state index contributed by atoms with van der Waals surface area (Å²) in [5, 5.41) is 0. The van der Waals surface area contributed by atoms with Gasteiger partial charge in [0, 0.05) is 0 Å². The van der Waals surface area contributed by atoms with Crippen molar-refractivity contribution in [3.05, 3.63) is 35.6 Å². The molecule has 1 unspecified atom stereocenters. The van der Waals surface area contributed by atoms with E-state index < -0.39 is 11.9 Å². The molecule has 0 radical (unpaired) electrons. The zero-order chi connectivity index (χ0) is 10.6. The first kappa shape index (κ1) is 10.6. The molecule has 0 spiro atoms. The highest BCUT2D eigenvalue weighted by molar-refractivity contribution is 5.81. The SMILES string of the molecule is NNC(=O)C(N)Cc1ccc(F)cc1. The van der Waals surface area contributed by atoms with E-state index in [-0.39, 0.29) is 5.82 Å². The fourth-order valence-electron chi connectivity index (χ4n) is 1.07. The zero-order valence-electron chi connectivity index (χ0n) is 7.53. The second-order valence-corrected chi connectivity index (χ2v) is 2.95. The molecule has 0 aliphatic carbocycles. The molecule has 5 N–H and O–H groups in total. The Morgan fingerprint density at radius 1 is 1.43 bits per heavy atom. The van der Waals surface area contributed by atoms with Crippen molar-refractivity contribution in [2.75, 3.05) is 0 Å². The number of hydrogen-bond acceptors (Lipinski definition) is 3. The lowest BCUT2D eigenvalue weighted by molar-refractivity contribution is -0.122. The minimum absolute atomic E-state index is 0.314. The van der Waals surface area contributed by atoms with Crippen LogP contribution in [-0.4, -0.2) is 11.9 Å². The van der Waals surface area contributed by atoms with E-state index in [1.54, 1.807) is 12.1 Å². The average Bonchev–Trinajstić information content (AvgIpc) is 2.20. The molecule has 0 bridgehead atoms. The molecule has 76 valence electrons. The number of hydrogen-bond donors (Lipinski definition) is 3. The maximum absolute atomic E-state index is 12.5. The van der Waals surface area contributed by atoms with Crippen molar-refractivity contribution < 1.29 is 9.18 Å². The first-order valence-electron chi connectivity index (χ1n) is 4.14. The quantitative estimate of drug-likeness (QED) is 0.353. The molecule has 1 amide bonds. The van der Waals surface area contributed by atoms with Gasteiger partial charge in [0.1, 0.15) is 5.82 Å². The molecule has 14 heavy (non-hydrogen) atoms. The van der Waals surface area contributed by atoms with Gasteiger partial charge in [-0.25, -0.2) is 10.2 Å². The highest BCUT2D eigenvalue weighted by Crippen LogP contribution is 2.04. The van der Waals surface area contributed by atoms with Gasteiger partial charge in [-0.15, -0.1) is 0 Å². The standard InChI is InChI=1S/C9H12FN3O/c10-7-3-1-6(2-4-7)5-8(11)9(14)13-12/h1-4,8H,5,11-12H2,(H,13,14). The number of nitrogens with one attached hydrogen (secondary N) is 1. The Hall–Kier alpha value is -1.46.